The zero-order chi connectivity index (χ0) is 40.6. The highest BCUT2D eigenvalue weighted by Gasteiger charge is 2.41. The lowest BCUT2D eigenvalue weighted by Crippen LogP contribution is -2.17. The van der Waals surface area contributed by atoms with E-state index in [1.807, 2.05) is 36.4 Å². The van der Waals surface area contributed by atoms with Gasteiger partial charge < -0.3 is 0 Å². The van der Waals surface area contributed by atoms with Crippen LogP contribution in [-0.2, 0) is 10.8 Å². The molecule has 11 rings (SSSR count). The summed E-state index contributed by atoms with van der Waals surface area (Å²) in [6, 6.07) is 67.5. The van der Waals surface area contributed by atoms with Crippen LogP contribution < -0.4 is 0 Å². The standard InChI is InChI=1S/C57H43N3/c1-56(2)49-18-12-11-17-45(49)47-34-52-48(35-51(47)56)46-32-31-44(33-50(46)57(52,3)4)40-21-19-38(20-22-40)39-25-29-43(30-26-39)55-59-53(41-15-9-6-10-16-41)58-54(60-55)42-27-23-37(24-28-42)36-13-7-5-8-14-36/h5-35H,1-4H3. The van der Waals surface area contributed by atoms with Gasteiger partial charge in [0, 0.05) is 27.5 Å². The molecule has 0 aliphatic heterocycles. The summed E-state index contributed by atoms with van der Waals surface area (Å²) in [5, 5.41) is 0. The first-order valence-electron chi connectivity index (χ1n) is 20.8. The smallest absolute Gasteiger partial charge is 0.164 e. The average Bonchev–Trinajstić information content (AvgIpc) is 3.67. The Morgan fingerprint density at radius 1 is 0.250 bits per heavy atom. The Bertz CT molecular complexity index is 3090. The molecule has 0 bridgehead atoms. The maximum absolute atomic E-state index is 5.01. The monoisotopic (exact) mass is 769 g/mol. The van der Waals surface area contributed by atoms with Gasteiger partial charge in [-0.25, -0.2) is 15.0 Å². The second kappa shape index (κ2) is 13.7. The van der Waals surface area contributed by atoms with E-state index < -0.39 is 0 Å². The maximum Gasteiger partial charge on any atom is 0.164 e. The molecule has 286 valence electrons. The van der Waals surface area contributed by atoms with Crippen molar-refractivity contribution in [2.24, 2.45) is 0 Å². The lowest BCUT2D eigenvalue weighted by molar-refractivity contribution is 0.652. The van der Waals surface area contributed by atoms with Gasteiger partial charge in [-0.3, -0.25) is 0 Å². The summed E-state index contributed by atoms with van der Waals surface area (Å²) >= 11 is 0. The molecule has 0 unspecified atom stereocenters. The van der Waals surface area contributed by atoms with Crippen molar-refractivity contribution in [3.8, 4) is 89.8 Å². The minimum Gasteiger partial charge on any atom is -0.208 e. The lowest BCUT2D eigenvalue weighted by Gasteiger charge is -2.24. The quantitative estimate of drug-likeness (QED) is 0.169. The number of benzene rings is 8. The fourth-order valence-corrected chi connectivity index (χ4v) is 9.57. The summed E-state index contributed by atoms with van der Waals surface area (Å²) in [7, 11) is 0. The van der Waals surface area contributed by atoms with Crippen LogP contribution in [0.4, 0.5) is 0 Å². The average molecular weight is 770 g/mol. The fourth-order valence-electron chi connectivity index (χ4n) is 9.57. The molecule has 0 N–H and O–H groups in total. The van der Waals surface area contributed by atoms with Gasteiger partial charge in [0.25, 0.3) is 0 Å². The summed E-state index contributed by atoms with van der Waals surface area (Å²) in [5.74, 6) is 1.95. The van der Waals surface area contributed by atoms with Crippen LogP contribution in [0.15, 0.2) is 188 Å². The molecule has 0 fully saturated rings. The van der Waals surface area contributed by atoms with Gasteiger partial charge in [0.15, 0.2) is 17.5 Å². The molecule has 3 nitrogen and oxygen atoms in total. The van der Waals surface area contributed by atoms with E-state index in [0.29, 0.717) is 17.5 Å². The predicted octanol–water partition coefficient (Wildman–Crippen LogP) is 14.5. The van der Waals surface area contributed by atoms with Crippen LogP contribution in [-0.4, -0.2) is 15.0 Å². The van der Waals surface area contributed by atoms with Crippen LogP contribution in [0.25, 0.3) is 89.8 Å². The maximum atomic E-state index is 5.01. The minimum absolute atomic E-state index is 0.0192. The van der Waals surface area contributed by atoms with Crippen molar-refractivity contribution in [1.82, 2.24) is 15.0 Å². The van der Waals surface area contributed by atoms with Gasteiger partial charge in [-0.1, -0.05) is 198 Å². The summed E-state index contributed by atoms with van der Waals surface area (Å²) in [6.45, 7) is 9.50. The highest BCUT2D eigenvalue weighted by molar-refractivity contribution is 5.90. The molecule has 8 aromatic carbocycles. The first-order valence-corrected chi connectivity index (χ1v) is 20.8. The molecule has 0 atom stereocenters. The zero-order valence-electron chi connectivity index (χ0n) is 34.2. The summed E-state index contributed by atoms with van der Waals surface area (Å²) in [4.78, 5) is 14.9. The van der Waals surface area contributed by atoms with Crippen LogP contribution in [0.5, 0.6) is 0 Å². The van der Waals surface area contributed by atoms with Crippen LogP contribution in [0, 0.1) is 0 Å². The molecular weight excluding hydrogens is 727 g/mol. The summed E-state index contributed by atoms with van der Waals surface area (Å²) in [6.07, 6.45) is 0. The van der Waals surface area contributed by atoms with Gasteiger partial charge in [-0.05, 0) is 96.1 Å². The zero-order valence-corrected chi connectivity index (χ0v) is 34.2. The Labute approximate surface area is 352 Å². The molecular formula is C57H43N3. The van der Waals surface area contributed by atoms with Crippen molar-refractivity contribution in [3.63, 3.8) is 0 Å². The normalized spacial score (nSPS) is 13.9. The third kappa shape index (κ3) is 5.84. The van der Waals surface area contributed by atoms with Crippen LogP contribution in [0.2, 0.25) is 0 Å². The van der Waals surface area contributed by atoms with Crippen molar-refractivity contribution < 1.29 is 0 Å². The van der Waals surface area contributed by atoms with E-state index in [4.69, 9.17) is 15.0 Å². The molecule has 0 radical (unpaired) electrons. The number of nitrogens with zero attached hydrogens (tertiary/aromatic N) is 3. The molecule has 0 saturated heterocycles. The predicted molar refractivity (Wildman–Crippen MR) is 248 cm³/mol. The number of rotatable bonds is 6. The first kappa shape index (κ1) is 35.9. The Balaban J connectivity index is 0.875. The van der Waals surface area contributed by atoms with Gasteiger partial charge in [-0.15, -0.1) is 0 Å². The van der Waals surface area contributed by atoms with Gasteiger partial charge in [0.2, 0.25) is 0 Å². The van der Waals surface area contributed by atoms with Crippen molar-refractivity contribution in [1.29, 1.82) is 0 Å². The van der Waals surface area contributed by atoms with E-state index in [1.54, 1.807) is 0 Å². The largest absolute Gasteiger partial charge is 0.208 e. The van der Waals surface area contributed by atoms with Crippen molar-refractivity contribution in [2.75, 3.05) is 0 Å². The topological polar surface area (TPSA) is 38.7 Å². The molecule has 9 aromatic rings. The highest BCUT2D eigenvalue weighted by atomic mass is 15.0. The van der Waals surface area contributed by atoms with E-state index in [2.05, 4.69) is 179 Å². The Hall–Kier alpha value is -7.23. The molecule has 0 saturated carbocycles. The SMILES string of the molecule is CC1(C)c2ccccc2-c2cc3c(cc21)-c1ccc(-c2ccc(-c4ccc(-c5nc(-c6ccccc6)nc(-c6ccc(-c7ccccc7)cc6)n5)cc4)cc2)cc1C3(C)C. The third-order valence-electron chi connectivity index (χ3n) is 13.0. The van der Waals surface area contributed by atoms with E-state index >= 15 is 0 Å². The number of aromatic nitrogens is 3. The Kier molecular flexibility index (Phi) is 8.18. The molecule has 2 aliphatic carbocycles. The molecule has 1 aromatic heterocycles. The van der Waals surface area contributed by atoms with Crippen molar-refractivity contribution in [3.05, 3.63) is 210 Å². The van der Waals surface area contributed by atoms with Crippen molar-refractivity contribution >= 4 is 0 Å². The van der Waals surface area contributed by atoms with Crippen molar-refractivity contribution in [2.45, 2.75) is 38.5 Å². The van der Waals surface area contributed by atoms with Gasteiger partial charge in [-0.2, -0.15) is 0 Å². The van der Waals surface area contributed by atoms with E-state index in [0.717, 1.165) is 33.4 Å². The van der Waals surface area contributed by atoms with Gasteiger partial charge >= 0.3 is 0 Å². The second-order valence-electron chi connectivity index (χ2n) is 17.3. The van der Waals surface area contributed by atoms with Crippen LogP contribution >= 0.6 is 0 Å². The molecule has 0 spiro atoms. The van der Waals surface area contributed by atoms with E-state index in [-0.39, 0.29) is 10.8 Å². The van der Waals surface area contributed by atoms with Crippen LogP contribution in [0.1, 0.15) is 49.9 Å². The lowest BCUT2D eigenvalue weighted by atomic mass is 9.79. The summed E-state index contributed by atoms with van der Waals surface area (Å²) in [5.41, 5.74) is 21.0. The Morgan fingerprint density at radius 3 is 1.07 bits per heavy atom. The van der Waals surface area contributed by atoms with E-state index in [9.17, 15) is 0 Å². The first-order chi connectivity index (χ1) is 29.2. The molecule has 0 amide bonds. The fraction of sp³-hybridized carbons (Fsp3) is 0.105. The van der Waals surface area contributed by atoms with E-state index in [1.165, 1.54) is 61.2 Å². The molecule has 3 heteroatoms. The number of fused-ring (bicyclic) bond motifs is 6. The third-order valence-corrected chi connectivity index (χ3v) is 13.0. The molecule has 2 aliphatic rings. The second-order valence-corrected chi connectivity index (χ2v) is 17.3. The highest BCUT2D eigenvalue weighted by Crippen LogP contribution is 2.56. The van der Waals surface area contributed by atoms with Gasteiger partial charge in [0.05, 0.1) is 0 Å². The number of hydrogen-bond acceptors (Lipinski definition) is 3. The van der Waals surface area contributed by atoms with Gasteiger partial charge in [0.1, 0.15) is 0 Å². The Morgan fingerprint density at radius 2 is 0.567 bits per heavy atom. The molecule has 1 heterocycles. The van der Waals surface area contributed by atoms with Crippen LogP contribution in [0.3, 0.4) is 0 Å². The summed E-state index contributed by atoms with van der Waals surface area (Å²) < 4.78 is 0. The minimum atomic E-state index is -0.104. The molecule has 60 heavy (non-hydrogen) atoms. The number of hydrogen-bond donors (Lipinski definition) is 0.